The van der Waals surface area contributed by atoms with Gasteiger partial charge in [-0.15, -0.1) is 0 Å². The first kappa shape index (κ1) is 21.9. The van der Waals surface area contributed by atoms with Gasteiger partial charge in [0.2, 0.25) is 5.91 Å². The minimum Gasteiger partial charge on any atom is -0.381 e. The molecule has 0 spiro atoms. The monoisotopic (exact) mass is 427 g/mol. The average molecular weight is 428 g/mol. The second kappa shape index (κ2) is 10.3. The Morgan fingerprint density at radius 3 is 2.77 bits per heavy atom. The summed E-state index contributed by atoms with van der Waals surface area (Å²) in [5.74, 6) is 0.679. The SMILES string of the molecule is Cc1nn(C)cc1CN1CC(=O)N(CC2CCOCC2)C[C@H](OCc2ccccn2)C1. The predicted octanol–water partition coefficient (Wildman–Crippen LogP) is 1.78. The van der Waals surface area contributed by atoms with E-state index in [9.17, 15) is 4.79 Å². The van der Waals surface area contributed by atoms with E-state index in [1.54, 1.807) is 6.20 Å². The lowest BCUT2D eigenvalue weighted by atomic mass is 9.99. The highest BCUT2D eigenvalue weighted by Crippen LogP contribution is 2.20. The highest BCUT2D eigenvalue weighted by Gasteiger charge is 2.30. The van der Waals surface area contributed by atoms with Gasteiger partial charge in [0.25, 0.3) is 0 Å². The molecule has 2 aliphatic heterocycles. The molecule has 168 valence electrons. The van der Waals surface area contributed by atoms with Crippen molar-refractivity contribution in [1.29, 1.82) is 0 Å². The minimum atomic E-state index is -0.0646. The molecule has 1 amide bonds. The molecule has 2 aliphatic rings. The molecule has 0 aliphatic carbocycles. The number of amides is 1. The Morgan fingerprint density at radius 1 is 1.23 bits per heavy atom. The molecule has 2 aromatic heterocycles. The van der Waals surface area contributed by atoms with Crippen molar-refractivity contribution >= 4 is 5.91 Å². The van der Waals surface area contributed by atoms with Crippen LogP contribution in [0.5, 0.6) is 0 Å². The molecule has 0 aromatic carbocycles. The number of nitrogens with zero attached hydrogens (tertiary/aromatic N) is 5. The highest BCUT2D eigenvalue weighted by atomic mass is 16.5. The van der Waals surface area contributed by atoms with Gasteiger partial charge >= 0.3 is 0 Å². The van der Waals surface area contributed by atoms with E-state index in [0.29, 0.717) is 38.7 Å². The Hall–Kier alpha value is -2.29. The minimum absolute atomic E-state index is 0.0646. The lowest BCUT2D eigenvalue weighted by molar-refractivity contribution is -0.133. The molecule has 0 radical (unpaired) electrons. The van der Waals surface area contributed by atoms with E-state index in [-0.39, 0.29) is 12.0 Å². The number of ether oxygens (including phenoxy) is 2. The number of pyridine rings is 1. The van der Waals surface area contributed by atoms with Crippen LogP contribution in [0, 0.1) is 12.8 Å². The quantitative estimate of drug-likeness (QED) is 0.671. The van der Waals surface area contributed by atoms with Crippen LogP contribution in [0.25, 0.3) is 0 Å². The Bertz CT molecular complexity index is 850. The molecule has 2 aromatic rings. The molecule has 4 rings (SSSR count). The fraction of sp³-hybridized carbons (Fsp3) is 0.609. The number of carbonyl (C=O) groups excluding carboxylic acids is 1. The Morgan fingerprint density at radius 2 is 2.06 bits per heavy atom. The normalized spacial score (nSPS) is 21.4. The van der Waals surface area contributed by atoms with Gasteiger partial charge in [0, 0.05) is 64.4 Å². The van der Waals surface area contributed by atoms with Crippen LogP contribution in [0.15, 0.2) is 30.6 Å². The Labute approximate surface area is 184 Å². The Kier molecular flexibility index (Phi) is 7.32. The number of aryl methyl sites for hydroxylation is 2. The van der Waals surface area contributed by atoms with Crippen LogP contribution in [-0.4, -0.2) is 76.0 Å². The first-order chi connectivity index (χ1) is 15.1. The zero-order chi connectivity index (χ0) is 21.6. The van der Waals surface area contributed by atoms with E-state index in [1.165, 1.54) is 0 Å². The molecular weight excluding hydrogens is 394 g/mol. The summed E-state index contributed by atoms with van der Waals surface area (Å²) in [7, 11) is 1.93. The fourth-order valence-electron chi connectivity index (χ4n) is 4.42. The number of rotatable bonds is 7. The molecule has 0 unspecified atom stereocenters. The second-order valence-electron chi connectivity index (χ2n) is 8.69. The van der Waals surface area contributed by atoms with E-state index in [1.807, 2.05) is 47.9 Å². The van der Waals surface area contributed by atoms with Gasteiger partial charge in [-0.2, -0.15) is 5.10 Å². The van der Waals surface area contributed by atoms with E-state index in [4.69, 9.17) is 9.47 Å². The van der Waals surface area contributed by atoms with Crippen LogP contribution < -0.4 is 0 Å². The van der Waals surface area contributed by atoms with Crippen molar-refractivity contribution in [3.8, 4) is 0 Å². The van der Waals surface area contributed by atoms with Crippen molar-refractivity contribution in [2.24, 2.45) is 13.0 Å². The summed E-state index contributed by atoms with van der Waals surface area (Å²) >= 11 is 0. The molecule has 31 heavy (non-hydrogen) atoms. The van der Waals surface area contributed by atoms with Crippen molar-refractivity contribution in [2.45, 2.75) is 39.0 Å². The van der Waals surface area contributed by atoms with Gasteiger partial charge in [-0.25, -0.2) is 0 Å². The first-order valence-corrected chi connectivity index (χ1v) is 11.2. The van der Waals surface area contributed by atoms with Gasteiger partial charge in [-0.1, -0.05) is 6.07 Å². The van der Waals surface area contributed by atoms with E-state index < -0.39 is 0 Å². The standard InChI is InChI=1S/C23H33N5O3/c1-18-20(12-26(2)25-18)13-27-14-22(31-17-21-5-3-4-8-24-21)15-28(23(29)16-27)11-19-6-9-30-10-7-19/h3-5,8,12,19,22H,6-7,9-11,13-17H2,1-2H3/t22-/m1/s1. The van der Waals surface area contributed by atoms with Gasteiger partial charge in [-0.3, -0.25) is 19.4 Å². The fourth-order valence-corrected chi connectivity index (χ4v) is 4.42. The van der Waals surface area contributed by atoms with Crippen LogP contribution >= 0.6 is 0 Å². The summed E-state index contributed by atoms with van der Waals surface area (Å²) in [4.78, 5) is 21.7. The maximum Gasteiger partial charge on any atom is 0.236 e. The summed E-state index contributed by atoms with van der Waals surface area (Å²) in [6.07, 6.45) is 5.78. The van der Waals surface area contributed by atoms with Gasteiger partial charge in [0.15, 0.2) is 0 Å². The summed E-state index contributed by atoms with van der Waals surface area (Å²) < 4.78 is 13.6. The zero-order valence-electron chi connectivity index (χ0n) is 18.6. The van der Waals surface area contributed by atoms with Crippen LogP contribution in [-0.2, 0) is 34.5 Å². The molecule has 4 heterocycles. The van der Waals surface area contributed by atoms with Crippen molar-refractivity contribution in [1.82, 2.24) is 24.6 Å². The van der Waals surface area contributed by atoms with Crippen LogP contribution in [0.4, 0.5) is 0 Å². The third-order valence-corrected chi connectivity index (χ3v) is 6.12. The summed E-state index contributed by atoms with van der Waals surface area (Å²) in [6.45, 7) is 7.25. The molecule has 0 bridgehead atoms. The van der Waals surface area contributed by atoms with Crippen LogP contribution in [0.3, 0.4) is 0 Å². The van der Waals surface area contributed by atoms with Gasteiger partial charge in [0.05, 0.1) is 30.6 Å². The molecule has 0 saturated carbocycles. The molecule has 8 heteroatoms. The molecule has 2 fully saturated rings. The first-order valence-electron chi connectivity index (χ1n) is 11.2. The number of hydrogen-bond donors (Lipinski definition) is 0. The van der Waals surface area contributed by atoms with Crippen molar-refractivity contribution in [3.05, 3.63) is 47.5 Å². The third-order valence-electron chi connectivity index (χ3n) is 6.12. The van der Waals surface area contributed by atoms with E-state index in [2.05, 4.69) is 15.0 Å². The van der Waals surface area contributed by atoms with Crippen molar-refractivity contribution < 1.29 is 14.3 Å². The number of hydrogen-bond acceptors (Lipinski definition) is 6. The lowest BCUT2D eigenvalue weighted by Crippen LogP contribution is -2.42. The van der Waals surface area contributed by atoms with Crippen LogP contribution in [0.2, 0.25) is 0 Å². The maximum atomic E-state index is 13.2. The molecule has 8 nitrogen and oxygen atoms in total. The topological polar surface area (TPSA) is 72.7 Å². The molecule has 0 N–H and O–H groups in total. The molecule has 1 atom stereocenters. The summed E-state index contributed by atoms with van der Waals surface area (Å²) in [6, 6.07) is 5.84. The number of carbonyl (C=O) groups is 1. The second-order valence-corrected chi connectivity index (χ2v) is 8.69. The van der Waals surface area contributed by atoms with Crippen molar-refractivity contribution in [3.63, 3.8) is 0 Å². The summed E-state index contributed by atoms with van der Waals surface area (Å²) in [5, 5.41) is 4.45. The van der Waals surface area contributed by atoms with Gasteiger partial charge < -0.3 is 14.4 Å². The van der Waals surface area contributed by atoms with Crippen molar-refractivity contribution in [2.75, 3.05) is 39.4 Å². The largest absolute Gasteiger partial charge is 0.381 e. The third kappa shape index (κ3) is 6.12. The zero-order valence-corrected chi connectivity index (χ0v) is 18.6. The smallest absolute Gasteiger partial charge is 0.236 e. The number of aromatic nitrogens is 3. The van der Waals surface area contributed by atoms with E-state index >= 15 is 0 Å². The maximum absolute atomic E-state index is 13.2. The lowest BCUT2D eigenvalue weighted by Gasteiger charge is -2.30. The van der Waals surface area contributed by atoms with Gasteiger partial charge in [0.1, 0.15) is 0 Å². The van der Waals surface area contributed by atoms with Crippen LogP contribution in [0.1, 0.15) is 29.8 Å². The highest BCUT2D eigenvalue weighted by molar-refractivity contribution is 5.78. The summed E-state index contributed by atoms with van der Waals surface area (Å²) in [5.41, 5.74) is 3.06. The average Bonchev–Trinajstić information content (AvgIpc) is 3.00. The van der Waals surface area contributed by atoms with Gasteiger partial charge in [-0.05, 0) is 37.8 Å². The molecular formula is C23H33N5O3. The molecule has 2 saturated heterocycles. The predicted molar refractivity (Wildman–Crippen MR) is 116 cm³/mol. The Balaban J connectivity index is 1.45. The van der Waals surface area contributed by atoms with E-state index in [0.717, 1.165) is 49.6 Å².